The lowest BCUT2D eigenvalue weighted by Gasteiger charge is -2.56. The van der Waals surface area contributed by atoms with E-state index in [1.54, 1.807) is 16.7 Å². The maximum Gasteiger partial charge on any atom is 0.0596 e. The molecule has 134 valence electrons. The molecule has 0 aromatic carbocycles. The molecule has 1 nitrogen and oxygen atoms in total. The first-order chi connectivity index (χ1) is 12.0. The van der Waals surface area contributed by atoms with Crippen molar-refractivity contribution >= 4 is 0 Å². The first kappa shape index (κ1) is 16.1. The molecule has 5 aliphatic carbocycles. The van der Waals surface area contributed by atoms with Gasteiger partial charge in [-0.3, -0.25) is 0 Å². The van der Waals surface area contributed by atoms with Crippen LogP contribution in [0.4, 0.5) is 0 Å². The van der Waals surface area contributed by atoms with Crippen molar-refractivity contribution in [3.05, 3.63) is 47.1 Å². The van der Waals surface area contributed by atoms with Gasteiger partial charge in [0.1, 0.15) is 0 Å². The topological polar surface area (TPSA) is 20.2 Å². The molecule has 5 rings (SSSR count). The van der Waals surface area contributed by atoms with Crippen molar-refractivity contribution in [3.8, 4) is 0 Å². The lowest BCUT2D eigenvalue weighted by molar-refractivity contribution is -0.0625. The number of hydrogen-bond acceptors (Lipinski definition) is 1. The van der Waals surface area contributed by atoms with Gasteiger partial charge in [0.05, 0.1) is 6.10 Å². The summed E-state index contributed by atoms with van der Waals surface area (Å²) in [5, 5.41) is 10.6. The summed E-state index contributed by atoms with van der Waals surface area (Å²) in [6, 6.07) is 0. The molecule has 0 aliphatic heterocycles. The van der Waals surface area contributed by atoms with Crippen LogP contribution in [0.2, 0.25) is 0 Å². The van der Waals surface area contributed by atoms with Crippen molar-refractivity contribution in [2.75, 3.05) is 0 Å². The molecule has 0 aromatic rings. The third kappa shape index (κ3) is 2.17. The smallest absolute Gasteiger partial charge is 0.0596 e. The van der Waals surface area contributed by atoms with Crippen LogP contribution in [0.5, 0.6) is 0 Å². The molecular weight excluding hydrogens is 304 g/mol. The molecule has 6 atom stereocenters. The van der Waals surface area contributed by atoms with Crippen LogP contribution in [-0.2, 0) is 0 Å². The Kier molecular flexibility index (Phi) is 3.52. The second-order valence-electron chi connectivity index (χ2n) is 9.82. The van der Waals surface area contributed by atoms with Crippen molar-refractivity contribution in [2.24, 2.45) is 28.6 Å². The monoisotopic (exact) mass is 336 g/mol. The standard InChI is InChI=1S/C24H32O/c1-23-13-11-17(16-5-3-4-6-16)15-18(23)7-8-19-20-9-10-22(25)24(20,2)14-12-21(19)23/h3-5,7,15,19-22,25H,6,8-14H2,1-2H3/t19-,20-,21-,22-,23-,24-/m0/s1. The van der Waals surface area contributed by atoms with Crippen molar-refractivity contribution in [1.82, 2.24) is 0 Å². The van der Waals surface area contributed by atoms with Gasteiger partial charge in [-0.2, -0.15) is 0 Å². The zero-order valence-corrected chi connectivity index (χ0v) is 15.8. The molecule has 2 fully saturated rings. The molecule has 0 saturated heterocycles. The summed E-state index contributed by atoms with van der Waals surface area (Å²) >= 11 is 0. The summed E-state index contributed by atoms with van der Waals surface area (Å²) in [7, 11) is 0. The van der Waals surface area contributed by atoms with E-state index < -0.39 is 0 Å². The summed E-state index contributed by atoms with van der Waals surface area (Å²) in [4.78, 5) is 0. The quantitative estimate of drug-likeness (QED) is 0.648. The van der Waals surface area contributed by atoms with E-state index in [1.165, 1.54) is 38.5 Å². The van der Waals surface area contributed by atoms with Crippen LogP contribution in [-0.4, -0.2) is 11.2 Å². The van der Waals surface area contributed by atoms with E-state index in [9.17, 15) is 5.11 Å². The van der Waals surface area contributed by atoms with Gasteiger partial charge in [0.25, 0.3) is 0 Å². The van der Waals surface area contributed by atoms with Crippen LogP contribution in [0.15, 0.2) is 47.1 Å². The summed E-state index contributed by atoms with van der Waals surface area (Å²) in [6.45, 7) is 4.93. The molecule has 1 heteroatoms. The van der Waals surface area contributed by atoms with Gasteiger partial charge in [-0.25, -0.2) is 0 Å². The van der Waals surface area contributed by atoms with Crippen LogP contribution in [0.1, 0.15) is 65.2 Å². The number of fused-ring (bicyclic) bond motifs is 5. The predicted octanol–water partition coefficient (Wildman–Crippen LogP) is 5.73. The Balaban J connectivity index is 1.48. The zero-order valence-electron chi connectivity index (χ0n) is 15.8. The van der Waals surface area contributed by atoms with E-state index in [4.69, 9.17) is 0 Å². The van der Waals surface area contributed by atoms with E-state index in [2.05, 4.69) is 44.2 Å². The normalized spacial score (nSPS) is 48.2. The molecule has 0 bridgehead atoms. The molecule has 0 amide bonds. The fraction of sp³-hybridized carbons (Fsp3) is 0.667. The number of rotatable bonds is 1. The van der Waals surface area contributed by atoms with Gasteiger partial charge in [0.2, 0.25) is 0 Å². The van der Waals surface area contributed by atoms with E-state index in [0.29, 0.717) is 5.41 Å². The van der Waals surface area contributed by atoms with Gasteiger partial charge < -0.3 is 5.11 Å². The summed E-state index contributed by atoms with van der Waals surface area (Å²) in [6.07, 6.45) is 21.6. The predicted molar refractivity (Wildman–Crippen MR) is 103 cm³/mol. The van der Waals surface area contributed by atoms with Crippen LogP contribution in [0.3, 0.4) is 0 Å². The Bertz CT molecular complexity index is 708. The van der Waals surface area contributed by atoms with Crippen molar-refractivity contribution < 1.29 is 5.11 Å². The minimum atomic E-state index is -0.0590. The first-order valence-corrected chi connectivity index (χ1v) is 10.5. The Hall–Kier alpha value is -1.08. The Labute approximate surface area is 152 Å². The average molecular weight is 337 g/mol. The second kappa shape index (κ2) is 5.46. The molecule has 25 heavy (non-hydrogen) atoms. The average Bonchev–Trinajstić information content (AvgIpc) is 3.23. The highest BCUT2D eigenvalue weighted by atomic mass is 16.3. The maximum atomic E-state index is 10.6. The molecule has 0 spiro atoms. The van der Waals surface area contributed by atoms with Crippen molar-refractivity contribution in [1.29, 1.82) is 0 Å². The van der Waals surface area contributed by atoms with Gasteiger partial charge in [-0.1, -0.05) is 44.2 Å². The molecule has 0 heterocycles. The van der Waals surface area contributed by atoms with E-state index >= 15 is 0 Å². The summed E-state index contributed by atoms with van der Waals surface area (Å²) < 4.78 is 0. The van der Waals surface area contributed by atoms with E-state index in [1.807, 2.05) is 0 Å². The fourth-order valence-corrected chi connectivity index (χ4v) is 7.24. The molecule has 1 N–H and O–H groups in total. The molecular formula is C24H32O. The zero-order chi connectivity index (χ0) is 17.2. The second-order valence-corrected chi connectivity index (χ2v) is 9.82. The summed E-state index contributed by atoms with van der Waals surface area (Å²) in [5.74, 6) is 2.36. The van der Waals surface area contributed by atoms with E-state index in [0.717, 1.165) is 30.6 Å². The SMILES string of the molecule is C[C@]12CC[C@H]3[C@@H](CC=C4C=C(C5=CC=CC5)CC[C@@]43C)[C@@H]1CC[C@@H]2O. The number of allylic oxidation sites excluding steroid dienone is 8. The van der Waals surface area contributed by atoms with Crippen LogP contribution in [0, 0.1) is 28.6 Å². The number of hydrogen-bond donors (Lipinski definition) is 1. The number of aliphatic hydroxyl groups is 1. The van der Waals surface area contributed by atoms with Gasteiger partial charge in [0, 0.05) is 0 Å². The minimum Gasteiger partial charge on any atom is -0.393 e. The highest BCUT2D eigenvalue weighted by Crippen LogP contribution is 2.64. The number of aliphatic hydroxyl groups excluding tert-OH is 1. The van der Waals surface area contributed by atoms with Crippen LogP contribution < -0.4 is 0 Å². The first-order valence-electron chi connectivity index (χ1n) is 10.5. The summed E-state index contributed by atoms with van der Waals surface area (Å²) in [5.41, 5.74) is 5.32. The molecule has 5 aliphatic rings. The Morgan fingerprint density at radius 2 is 1.92 bits per heavy atom. The van der Waals surface area contributed by atoms with Gasteiger partial charge in [-0.15, -0.1) is 0 Å². The third-order valence-electron chi connectivity index (χ3n) is 8.90. The Morgan fingerprint density at radius 1 is 1.04 bits per heavy atom. The lowest BCUT2D eigenvalue weighted by Crippen LogP contribution is -2.50. The molecule has 2 saturated carbocycles. The van der Waals surface area contributed by atoms with Crippen molar-refractivity contribution in [3.63, 3.8) is 0 Å². The van der Waals surface area contributed by atoms with Gasteiger partial charge >= 0.3 is 0 Å². The van der Waals surface area contributed by atoms with E-state index in [-0.39, 0.29) is 11.5 Å². The van der Waals surface area contributed by atoms with Crippen molar-refractivity contribution in [2.45, 2.75) is 71.3 Å². The molecule has 0 aromatic heterocycles. The fourth-order valence-electron chi connectivity index (χ4n) is 7.24. The Morgan fingerprint density at radius 3 is 2.72 bits per heavy atom. The lowest BCUT2D eigenvalue weighted by atomic mass is 9.48. The van der Waals surface area contributed by atoms with Gasteiger partial charge in [0.15, 0.2) is 0 Å². The molecule has 0 radical (unpaired) electrons. The largest absolute Gasteiger partial charge is 0.393 e. The van der Waals surface area contributed by atoms with Crippen LogP contribution >= 0.6 is 0 Å². The highest BCUT2D eigenvalue weighted by molar-refractivity contribution is 5.47. The van der Waals surface area contributed by atoms with Crippen LogP contribution in [0.25, 0.3) is 0 Å². The minimum absolute atomic E-state index is 0.0590. The third-order valence-corrected chi connectivity index (χ3v) is 8.90. The highest BCUT2D eigenvalue weighted by Gasteiger charge is 2.57. The van der Waals surface area contributed by atoms with Gasteiger partial charge in [-0.05, 0) is 96.7 Å². The molecule has 0 unspecified atom stereocenters. The maximum absolute atomic E-state index is 10.6.